The van der Waals surface area contributed by atoms with Gasteiger partial charge < -0.3 is 10.2 Å². The summed E-state index contributed by atoms with van der Waals surface area (Å²) < 4.78 is 0. The minimum Gasteiger partial charge on any atom is -0.317 e. The summed E-state index contributed by atoms with van der Waals surface area (Å²) in [7, 11) is 0. The fourth-order valence-corrected chi connectivity index (χ4v) is 0.956. The van der Waals surface area contributed by atoms with E-state index in [1.54, 1.807) is 0 Å². The fourth-order valence-electron chi connectivity index (χ4n) is 0.956. The maximum absolute atomic E-state index is 6.59. The van der Waals surface area contributed by atoms with Crippen molar-refractivity contribution >= 4 is 0 Å². The lowest BCUT2D eigenvalue weighted by Gasteiger charge is -2.20. The summed E-state index contributed by atoms with van der Waals surface area (Å²) in [5.74, 6) is 0. The first-order chi connectivity index (χ1) is 5.56. The summed E-state index contributed by atoms with van der Waals surface area (Å²) in [5.41, 5.74) is 0.236. The van der Waals surface area contributed by atoms with Crippen LogP contribution in [-0.4, -0.2) is 18.6 Å². The first-order valence-electron chi connectivity index (χ1n) is 4.64. The molecule has 0 aromatic heterocycles. The first-order valence-corrected chi connectivity index (χ1v) is 4.64. The zero-order valence-corrected chi connectivity index (χ0v) is 8.48. The number of hydrogen-bond donors (Lipinski definition) is 1. The highest BCUT2D eigenvalue weighted by molar-refractivity contribution is 4.69. The summed E-state index contributed by atoms with van der Waals surface area (Å²) in [5, 5.41) is 3.42. The molecule has 0 unspecified atom stereocenters. The Morgan fingerprint density at radius 1 is 1.17 bits per heavy atom. The Hall–Kier alpha value is -0.550. The van der Waals surface area contributed by atoms with Crippen molar-refractivity contribution < 1.29 is 0 Å². The minimum absolute atomic E-state index is 0.236. The molecule has 0 rings (SSSR count). The fraction of sp³-hybridized carbons (Fsp3) is 0.900. The highest BCUT2D eigenvalue weighted by atomic mass is 14.9. The van der Waals surface area contributed by atoms with E-state index < -0.39 is 0 Å². The molecule has 0 bridgehead atoms. The SMILES string of the molecule is [C-]#[N+]CCCCCNC(C)(C)C. The Balaban J connectivity index is 3.07. The van der Waals surface area contributed by atoms with E-state index >= 15 is 0 Å². The van der Waals surface area contributed by atoms with Crippen molar-refractivity contribution in [3.8, 4) is 0 Å². The zero-order chi connectivity index (χ0) is 9.45. The van der Waals surface area contributed by atoms with E-state index in [1.165, 1.54) is 12.8 Å². The summed E-state index contributed by atoms with van der Waals surface area (Å²) in [4.78, 5) is 3.31. The van der Waals surface area contributed by atoms with E-state index in [4.69, 9.17) is 6.57 Å². The van der Waals surface area contributed by atoms with Crippen molar-refractivity contribution in [2.24, 2.45) is 0 Å². The third-order valence-electron chi connectivity index (χ3n) is 1.60. The topological polar surface area (TPSA) is 16.4 Å². The molecule has 2 heteroatoms. The molecule has 0 heterocycles. The van der Waals surface area contributed by atoms with Crippen molar-refractivity contribution in [3.63, 3.8) is 0 Å². The van der Waals surface area contributed by atoms with Crippen LogP contribution < -0.4 is 5.32 Å². The van der Waals surface area contributed by atoms with Crippen LogP contribution in [0.2, 0.25) is 0 Å². The normalized spacial score (nSPS) is 11.2. The van der Waals surface area contributed by atoms with E-state index in [0.29, 0.717) is 6.54 Å². The number of nitrogens with one attached hydrogen (secondary N) is 1. The van der Waals surface area contributed by atoms with Gasteiger partial charge in [-0.05, 0) is 40.2 Å². The van der Waals surface area contributed by atoms with Gasteiger partial charge in [0, 0.05) is 12.0 Å². The van der Waals surface area contributed by atoms with Crippen LogP contribution in [0.5, 0.6) is 0 Å². The molecule has 2 nitrogen and oxygen atoms in total. The van der Waals surface area contributed by atoms with Gasteiger partial charge in [0.05, 0.1) is 0 Å². The summed E-state index contributed by atoms with van der Waals surface area (Å²) in [6.07, 6.45) is 3.41. The van der Waals surface area contributed by atoms with E-state index in [9.17, 15) is 0 Å². The van der Waals surface area contributed by atoms with Crippen molar-refractivity contribution in [2.45, 2.75) is 45.6 Å². The maximum atomic E-state index is 6.59. The monoisotopic (exact) mass is 168 g/mol. The molecule has 0 aliphatic carbocycles. The number of nitrogens with zero attached hydrogens (tertiary/aromatic N) is 1. The standard InChI is InChI=1S/C10H20N2/c1-10(2,3)12-9-7-5-6-8-11-4/h12H,5-9H2,1-3H3. The molecule has 0 amide bonds. The summed E-state index contributed by atoms with van der Waals surface area (Å²) in [6, 6.07) is 0. The van der Waals surface area contributed by atoms with Crippen molar-refractivity contribution in [2.75, 3.05) is 13.1 Å². The number of unbranched alkanes of at least 4 members (excludes halogenated alkanes) is 2. The molecule has 0 aliphatic rings. The van der Waals surface area contributed by atoms with E-state index in [2.05, 4.69) is 30.9 Å². The maximum Gasteiger partial charge on any atom is 0.214 e. The second-order valence-electron chi connectivity index (χ2n) is 4.12. The summed E-state index contributed by atoms with van der Waals surface area (Å²) >= 11 is 0. The zero-order valence-electron chi connectivity index (χ0n) is 8.48. The third kappa shape index (κ3) is 9.45. The largest absolute Gasteiger partial charge is 0.317 e. The Labute approximate surface area is 76.2 Å². The lowest BCUT2D eigenvalue weighted by molar-refractivity contribution is 0.418. The van der Waals surface area contributed by atoms with E-state index in [0.717, 1.165) is 13.0 Å². The van der Waals surface area contributed by atoms with Crippen LogP contribution in [0.4, 0.5) is 0 Å². The Kier molecular flexibility index (Phi) is 5.74. The van der Waals surface area contributed by atoms with Gasteiger partial charge in [-0.15, -0.1) is 0 Å². The van der Waals surface area contributed by atoms with Gasteiger partial charge in [-0.3, -0.25) is 0 Å². The molecular formula is C10H20N2. The van der Waals surface area contributed by atoms with Gasteiger partial charge in [-0.1, -0.05) is 0 Å². The molecule has 0 fully saturated rings. The second kappa shape index (κ2) is 6.02. The van der Waals surface area contributed by atoms with Gasteiger partial charge in [-0.2, -0.15) is 0 Å². The average molecular weight is 168 g/mol. The highest BCUT2D eigenvalue weighted by Gasteiger charge is 2.06. The molecule has 12 heavy (non-hydrogen) atoms. The van der Waals surface area contributed by atoms with E-state index in [1.807, 2.05) is 0 Å². The van der Waals surface area contributed by atoms with Gasteiger partial charge in [0.25, 0.3) is 0 Å². The van der Waals surface area contributed by atoms with Crippen molar-refractivity contribution in [3.05, 3.63) is 11.4 Å². The lowest BCUT2D eigenvalue weighted by atomic mass is 10.1. The lowest BCUT2D eigenvalue weighted by Crippen LogP contribution is -2.36. The number of rotatable bonds is 5. The van der Waals surface area contributed by atoms with Crippen LogP contribution in [0, 0.1) is 6.57 Å². The molecule has 1 N–H and O–H groups in total. The van der Waals surface area contributed by atoms with Crippen LogP contribution in [0.1, 0.15) is 40.0 Å². The molecule has 70 valence electrons. The van der Waals surface area contributed by atoms with Crippen molar-refractivity contribution in [1.29, 1.82) is 0 Å². The molecule has 0 saturated heterocycles. The first kappa shape index (κ1) is 11.4. The van der Waals surface area contributed by atoms with Crippen LogP contribution in [0.3, 0.4) is 0 Å². The van der Waals surface area contributed by atoms with Gasteiger partial charge in [0.15, 0.2) is 0 Å². The molecule has 0 radical (unpaired) electrons. The van der Waals surface area contributed by atoms with Gasteiger partial charge in [0.1, 0.15) is 0 Å². The van der Waals surface area contributed by atoms with Crippen LogP contribution in [0.25, 0.3) is 4.85 Å². The Bertz CT molecular complexity index is 139. The molecule has 0 aliphatic heterocycles. The van der Waals surface area contributed by atoms with Crippen LogP contribution in [0.15, 0.2) is 0 Å². The quantitative estimate of drug-likeness (QED) is 0.492. The Morgan fingerprint density at radius 3 is 2.33 bits per heavy atom. The molecule has 0 aromatic carbocycles. The predicted octanol–water partition coefficient (Wildman–Crippen LogP) is 2.46. The molecule has 0 spiro atoms. The predicted molar refractivity (Wildman–Crippen MR) is 53.1 cm³/mol. The number of hydrogen-bond acceptors (Lipinski definition) is 1. The molecule has 0 atom stereocenters. The Morgan fingerprint density at radius 2 is 1.83 bits per heavy atom. The molecular weight excluding hydrogens is 148 g/mol. The highest BCUT2D eigenvalue weighted by Crippen LogP contribution is 2.00. The van der Waals surface area contributed by atoms with Gasteiger partial charge in [-0.25, -0.2) is 6.57 Å². The van der Waals surface area contributed by atoms with E-state index in [-0.39, 0.29) is 5.54 Å². The second-order valence-corrected chi connectivity index (χ2v) is 4.12. The smallest absolute Gasteiger partial charge is 0.214 e. The van der Waals surface area contributed by atoms with Crippen molar-refractivity contribution in [1.82, 2.24) is 5.32 Å². The molecule has 0 aromatic rings. The van der Waals surface area contributed by atoms with Crippen LogP contribution >= 0.6 is 0 Å². The minimum atomic E-state index is 0.236. The van der Waals surface area contributed by atoms with Gasteiger partial charge >= 0.3 is 0 Å². The molecule has 0 saturated carbocycles. The van der Waals surface area contributed by atoms with Gasteiger partial charge in [0.2, 0.25) is 6.54 Å². The third-order valence-corrected chi connectivity index (χ3v) is 1.60. The summed E-state index contributed by atoms with van der Waals surface area (Å²) in [6.45, 7) is 14.9. The average Bonchev–Trinajstić information content (AvgIpc) is 1.94. The van der Waals surface area contributed by atoms with Crippen LogP contribution in [-0.2, 0) is 0 Å².